The Labute approximate surface area is 116 Å². The summed E-state index contributed by atoms with van der Waals surface area (Å²) in [4.78, 5) is 15.9. The maximum absolute atomic E-state index is 11.5. The molecule has 0 bridgehead atoms. The van der Waals surface area contributed by atoms with E-state index in [4.69, 9.17) is 4.74 Å². The fraction of sp³-hybridized carbons (Fsp3) is 0.125. The van der Waals surface area contributed by atoms with Crippen LogP contribution < -0.4 is 0 Å². The summed E-state index contributed by atoms with van der Waals surface area (Å²) in [6.07, 6.45) is 1.81. The highest BCUT2D eigenvalue weighted by molar-refractivity contribution is 5.89. The molecule has 4 heteroatoms. The maximum Gasteiger partial charge on any atom is 0.337 e. The average Bonchev–Trinajstić information content (AvgIpc) is 2.90. The Morgan fingerprint density at radius 3 is 2.90 bits per heavy atom. The van der Waals surface area contributed by atoms with Crippen molar-refractivity contribution in [1.82, 2.24) is 9.55 Å². The lowest BCUT2D eigenvalue weighted by atomic mass is 10.1. The summed E-state index contributed by atoms with van der Waals surface area (Å²) < 4.78 is 6.80. The van der Waals surface area contributed by atoms with Crippen LogP contribution in [0.5, 0.6) is 0 Å². The highest BCUT2D eigenvalue weighted by Crippen LogP contribution is 2.15. The first-order chi connectivity index (χ1) is 9.78. The minimum absolute atomic E-state index is 0.317. The molecule has 0 atom stereocenters. The Morgan fingerprint density at radius 1 is 1.20 bits per heavy atom. The third-order valence-electron chi connectivity index (χ3n) is 3.23. The number of hydrogen-bond acceptors (Lipinski definition) is 3. The molecular formula is C16H14N2O2. The van der Waals surface area contributed by atoms with Crippen LogP contribution in [0.3, 0.4) is 0 Å². The minimum Gasteiger partial charge on any atom is -0.465 e. The van der Waals surface area contributed by atoms with Crippen LogP contribution >= 0.6 is 0 Å². The van der Waals surface area contributed by atoms with Gasteiger partial charge in [-0.3, -0.25) is 0 Å². The minimum atomic E-state index is -0.317. The Hall–Kier alpha value is -2.62. The van der Waals surface area contributed by atoms with E-state index in [2.05, 4.69) is 9.55 Å². The van der Waals surface area contributed by atoms with Crippen LogP contribution in [-0.4, -0.2) is 22.6 Å². The van der Waals surface area contributed by atoms with Crippen molar-refractivity contribution in [2.24, 2.45) is 0 Å². The Balaban J connectivity index is 1.93. The van der Waals surface area contributed by atoms with Gasteiger partial charge < -0.3 is 9.30 Å². The van der Waals surface area contributed by atoms with Gasteiger partial charge in [-0.2, -0.15) is 0 Å². The second-order valence-corrected chi connectivity index (χ2v) is 4.55. The van der Waals surface area contributed by atoms with Crippen molar-refractivity contribution in [1.29, 1.82) is 0 Å². The number of hydrogen-bond donors (Lipinski definition) is 0. The van der Waals surface area contributed by atoms with Crippen molar-refractivity contribution in [3.63, 3.8) is 0 Å². The predicted octanol–water partition coefficient (Wildman–Crippen LogP) is 2.87. The van der Waals surface area contributed by atoms with Crippen LogP contribution in [0.25, 0.3) is 11.0 Å². The SMILES string of the molecule is COC(=O)c1cccc(Cn2cnc3ccccc32)c1. The molecule has 0 saturated carbocycles. The van der Waals surface area contributed by atoms with Gasteiger partial charge in [0.25, 0.3) is 0 Å². The number of nitrogens with zero attached hydrogens (tertiary/aromatic N) is 2. The van der Waals surface area contributed by atoms with Crippen molar-refractivity contribution in [2.75, 3.05) is 7.11 Å². The number of ether oxygens (including phenoxy) is 1. The molecule has 0 radical (unpaired) electrons. The quantitative estimate of drug-likeness (QED) is 0.685. The normalized spacial score (nSPS) is 10.7. The number of aromatic nitrogens is 2. The smallest absolute Gasteiger partial charge is 0.337 e. The summed E-state index contributed by atoms with van der Waals surface area (Å²) in [5.74, 6) is -0.317. The van der Waals surface area contributed by atoms with Crippen molar-refractivity contribution in [3.8, 4) is 0 Å². The molecule has 0 unspecified atom stereocenters. The van der Waals surface area contributed by atoms with Crippen LogP contribution in [0.15, 0.2) is 54.9 Å². The van der Waals surface area contributed by atoms with E-state index in [9.17, 15) is 4.79 Å². The van der Waals surface area contributed by atoms with E-state index < -0.39 is 0 Å². The monoisotopic (exact) mass is 266 g/mol. The van der Waals surface area contributed by atoms with Crippen molar-refractivity contribution < 1.29 is 9.53 Å². The van der Waals surface area contributed by atoms with Crippen molar-refractivity contribution >= 4 is 17.0 Å². The van der Waals surface area contributed by atoms with Gasteiger partial charge in [0.2, 0.25) is 0 Å². The molecule has 0 aliphatic heterocycles. The second kappa shape index (κ2) is 5.17. The number of esters is 1. The highest BCUT2D eigenvalue weighted by atomic mass is 16.5. The molecule has 100 valence electrons. The molecule has 0 spiro atoms. The van der Waals surface area contributed by atoms with Crippen LogP contribution in [0.4, 0.5) is 0 Å². The molecule has 0 saturated heterocycles. The first-order valence-corrected chi connectivity index (χ1v) is 6.35. The number of imidazole rings is 1. The standard InChI is InChI=1S/C16H14N2O2/c1-20-16(19)13-6-4-5-12(9-13)10-18-11-17-14-7-2-3-8-15(14)18/h2-9,11H,10H2,1H3. The summed E-state index contributed by atoms with van der Waals surface area (Å²) in [6.45, 7) is 0.672. The van der Waals surface area contributed by atoms with E-state index in [1.54, 1.807) is 6.07 Å². The zero-order chi connectivity index (χ0) is 13.9. The number of carbonyl (C=O) groups excluding carboxylic acids is 1. The molecule has 1 aromatic heterocycles. The zero-order valence-electron chi connectivity index (χ0n) is 11.1. The third-order valence-corrected chi connectivity index (χ3v) is 3.23. The Morgan fingerprint density at radius 2 is 2.05 bits per heavy atom. The predicted molar refractivity (Wildman–Crippen MR) is 76.6 cm³/mol. The second-order valence-electron chi connectivity index (χ2n) is 4.55. The number of para-hydroxylation sites is 2. The van der Waals surface area contributed by atoms with E-state index in [0.717, 1.165) is 16.6 Å². The Bertz CT molecular complexity index is 762. The van der Waals surface area contributed by atoms with Gasteiger partial charge in [-0.15, -0.1) is 0 Å². The first kappa shape index (κ1) is 12.4. The number of rotatable bonds is 3. The molecule has 20 heavy (non-hydrogen) atoms. The van der Waals surface area contributed by atoms with Gasteiger partial charge in [0.15, 0.2) is 0 Å². The van der Waals surface area contributed by atoms with Crippen LogP contribution in [0.1, 0.15) is 15.9 Å². The van der Waals surface area contributed by atoms with Gasteiger partial charge in [-0.05, 0) is 29.8 Å². The lowest BCUT2D eigenvalue weighted by molar-refractivity contribution is 0.0600. The molecule has 4 nitrogen and oxygen atoms in total. The molecule has 3 rings (SSSR count). The molecule has 0 amide bonds. The Kier molecular flexibility index (Phi) is 3.21. The largest absolute Gasteiger partial charge is 0.465 e. The van der Waals surface area contributed by atoms with Gasteiger partial charge >= 0.3 is 5.97 Å². The van der Waals surface area contributed by atoms with Gasteiger partial charge in [-0.1, -0.05) is 24.3 Å². The molecule has 0 aliphatic carbocycles. The van der Waals surface area contributed by atoms with Crippen LogP contribution in [0, 0.1) is 0 Å². The molecule has 0 fully saturated rings. The number of benzene rings is 2. The van der Waals surface area contributed by atoms with E-state index in [0.29, 0.717) is 12.1 Å². The van der Waals surface area contributed by atoms with Gasteiger partial charge in [-0.25, -0.2) is 9.78 Å². The van der Waals surface area contributed by atoms with Gasteiger partial charge in [0.05, 0.1) is 30.0 Å². The van der Waals surface area contributed by atoms with Crippen LogP contribution in [-0.2, 0) is 11.3 Å². The van der Waals surface area contributed by atoms with E-state index in [1.807, 2.05) is 48.8 Å². The molecule has 2 aromatic carbocycles. The maximum atomic E-state index is 11.5. The topological polar surface area (TPSA) is 44.1 Å². The summed E-state index contributed by atoms with van der Waals surface area (Å²) in [7, 11) is 1.39. The van der Waals surface area contributed by atoms with E-state index >= 15 is 0 Å². The fourth-order valence-electron chi connectivity index (χ4n) is 2.25. The number of carbonyl (C=O) groups is 1. The zero-order valence-corrected chi connectivity index (χ0v) is 11.1. The molecule has 3 aromatic rings. The molecular weight excluding hydrogens is 252 g/mol. The fourth-order valence-corrected chi connectivity index (χ4v) is 2.25. The summed E-state index contributed by atoms with van der Waals surface area (Å²) in [6, 6.07) is 15.4. The lowest BCUT2D eigenvalue weighted by Gasteiger charge is -2.06. The first-order valence-electron chi connectivity index (χ1n) is 6.35. The molecule has 0 aliphatic rings. The third kappa shape index (κ3) is 2.28. The molecule has 1 heterocycles. The lowest BCUT2D eigenvalue weighted by Crippen LogP contribution is -2.03. The number of methoxy groups -OCH3 is 1. The summed E-state index contributed by atoms with van der Waals surface area (Å²) in [5.41, 5.74) is 3.65. The van der Waals surface area contributed by atoms with E-state index in [-0.39, 0.29) is 5.97 Å². The summed E-state index contributed by atoms with van der Waals surface area (Å²) in [5, 5.41) is 0. The summed E-state index contributed by atoms with van der Waals surface area (Å²) >= 11 is 0. The van der Waals surface area contributed by atoms with Crippen molar-refractivity contribution in [2.45, 2.75) is 6.54 Å². The average molecular weight is 266 g/mol. The van der Waals surface area contributed by atoms with Crippen LogP contribution in [0.2, 0.25) is 0 Å². The molecule has 0 N–H and O–H groups in total. The van der Waals surface area contributed by atoms with Gasteiger partial charge in [0, 0.05) is 6.54 Å². The van der Waals surface area contributed by atoms with E-state index in [1.165, 1.54) is 7.11 Å². The number of fused-ring (bicyclic) bond motifs is 1. The van der Waals surface area contributed by atoms with Gasteiger partial charge in [0.1, 0.15) is 0 Å². The van der Waals surface area contributed by atoms with Crippen molar-refractivity contribution in [3.05, 3.63) is 66.0 Å². The highest BCUT2D eigenvalue weighted by Gasteiger charge is 2.07.